The number of thiazole rings is 1. The molecule has 0 unspecified atom stereocenters. The summed E-state index contributed by atoms with van der Waals surface area (Å²) >= 11 is 1.66. The largest absolute Gasteiger partial charge is 0.486 e. The summed E-state index contributed by atoms with van der Waals surface area (Å²) in [7, 11) is 1.88. The van der Waals surface area contributed by atoms with Crippen LogP contribution in [-0.4, -0.2) is 54.0 Å². The summed E-state index contributed by atoms with van der Waals surface area (Å²) in [5.74, 6) is 1.74. The molecule has 2 atom stereocenters. The smallest absolute Gasteiger partial charge is 0.237 e. The van der Waals surface area contributed by atoms with E-state index < -0.39 is 0 Å². The summed E-state index contributed by atoms with van der Waals surface area (Å²) < 4.78 is 12.6. The Morgan fingerprint density at radius 1 is 1.23 bits per heavy atom. The van der Waals surface area contributed by atoms with Crippen molar-refractivity contribution in [2.45, 2.75) is 31.8 Å². The molecular weight excluding hydrogens is 410 g/mol. The molecule has 162 valence electrons. The van der Waals surface area contributed by atoms with Crippen LogP contribution >= 0.6 is 11.3 Å². The molecule has 5 rings (SSSR count). The second-order valence-electron chi connectivity index (χ2n) is 8.23. The molecule has 0 spiro atoms. The Morgan fingerprint density at radius 3 is 2.87 bits per heavy atom. The molecule has 1 fully saturated rings. The molecule has 0 N–H and O–H groups in total. The van der Waals surface area contributed by atoms with Gasteiger partial charge in [0.15, 0.2) is 11.5 Å². The maximum absolute atomic E-state index is 13.2. The Bertz CT molecular complexity index is 1070. The van der Waals surface area contributed by atoms with E-state index in [-0.39, 0.29) is 18.0 Å². The van der Waals surface area contributed by atoms with Crippen LogP contribution in [0.4, 0.5) is 0 Å². The van der Waals surface area contributed by atoms with Gasteiger partial charge in [0.25, 0.3) is 0 Å². The van der Waals surface area contributed by atoms with E-state index in [9.17, 15) is 4.79 Å². The summed E-state index contributed by atoms with van der Waals surface area (Å²) in [6.45, 7) is 4.56. The molecule has 0 aliphatic carbocycles. The van der Waals surface area contributed by atoms with E-state index in [1.54, 1.807) is 11.3 Å². The number of aromatic nitrogens is 1. The minimum Gasteiger partial charge on any atom is -0.486 e. The number of fused-ring (bicyclic) bond motifs is 2. The normalized spacial score (nSPS) is 19.5. The lowest BCUT2D eigenvalue weighted by Crippen LogP contribution is -2.39. The lowest BCUT2D eigenvalue weighted by molar-refractivity contribution is -0.133. The number of likely N-dealkylation sites (N-methyl/N-ethyl adjacent to an activating group) is 1. The van der Waals surface area contributed by atoms with Crippen LogP contribution in [0.3, 0.4) is 0 Å². The fraction of sp³-hybridized carbons (Fsp3) is 0.417. The first-order valence-electron chi connectivity index (χ1n) is 10.8. The van der Waals surface area contributed by atoms with Crippen LogP contribution in [0.5, 0.6) is 11.5 Å². The molecule has 2 aliphatic heterocycles. The molecule has 0 bridgehead atoms. The second-order valence-corrected chi connectivity index (χ2v) is 9.29. The average molecular weight is 438 g/mol. The molecule has 31 heavy (non-hydrogen) atoms. The first-order valence-corrected chi connectivity index (χ1v) is 11.7. The Hall–Kier alpha value is -2.64. The van der Waals surface area contributed by atoms with Gasteiger partial charge in [-0.25, -0.2) is 4.98 Å². The number of hydrogen-bond donors (Lipinski definition) is 0. The number of carbonyl (C=O) groups excluding carboxylic acids is 1. The monoisotopic (exact) mass is 437 g/mol. The van der Waals surface area contributed by atoms with E-state index in [0.29, 0.717) is 19.8 Å². The van der Waals surface area contributed by atoms with Gasteiger partial charge >= 0.3 is 0 Å². The number of ether oxygens (including phenoxy) is 2. The molecule has 6 nitrogen and oxygen atoms in total. The van der Waals surface area contributed by atoms with Crippen molar-refractivity contribution in [3.63, 3.8) is 0 Å². The van der Waals surface area contributed by atoms with E-state index in [1.165, 1.54) is 5.56 Å². The minimum absolute atomic E-state index is 0.0553. The van der Waals surface area contributed by atoms with Gasteiger partial charge in [0.1, 0.15) is 18.2 Å². The van der Waals surface area contributed by atoms with Gasteiger partial charge in [0.05, 0.1) is 22.8 Å². The molecule has 2 aromatic carbocycles. The predicted octanol–water partition coefficient (Wildman–Crippen LogP) is 4.42. The second kappa shape index (κ2) is 8.48. The van der Waals surface area contributed by atoms with E-state index in [2.05, 4.69) is 30.0 Å². The van der Waals surface area contributed by atoms with E-state index in [0.717, 1.165) is 46.1 Å². The number of benzene rings is 2. The lowest BCUT2D eigenvalue weighted by Gasteiger charge is -2.29. The summed E-state index contributed by atoms with van der Waals surface area (Å²) in [5.41, 5.74) is 2.19. The van der Waals surface area contributed by atoms with E-state index in [4.69, 9.17) is 14.5 Å². The number of amides is 1. The number of hydrogen-bond acceptors (Lipinski definition) is 6. The number of likely N-dealkylation sites (tertiary alicyclic amines) is 1. The third-order valence-corrected chi connectivity index (χ3v) is 7.50. The van der Waals surface area contributed by atoms with Crippen LogP contribution < -0.4 is 9.47 Å². The van der Waals surface area contributed by atoms with Gasteiger partial charge in [0, 0.05) is 13.1 Å². The molecule has 3 aromatic rings. The molecule has 3 heterocycles. The highest BCUT2D eigenvalue weighted by Gasteiger charge is 2.31. The molecule has 0 saturated carbocycles. The highest BCUT2D eigenvalue weighted by atomic mass is 32.1. The van der Waals surface area contributed by atoms with Crippen LogP contribution in [0.1, 0.15) is 42.4 Å². The van der Waals surface area contributed by atoms with Gasteiger partial charge in [-0.1, -0.05) is 18.2 Å². The van der Waals surface area contributed by atoms with Gasteiger partial charge in [0.2, 0.25) is 5.91 Å². The third kappa shape index (κ3) is 4.00. The van der Waals surface area contributed by atoms with Crippen LogP contribution in [0, 0.1) is 0 Å². The van der Waals surface area contributed by atoms with Gasteiger partial charge < -0.3 is 14.4 Å². The average Bonchev–Trinajstić information content (AvgIpc) is 3.44. The summed E-state index contributed by atoms with van der Waals surface area (Å²) in [4.78, 5) is 22.0. The topological polar surface area (TPSA) is 54.9 Å². The van der Waals surface area contributed by atoms with Crippen LogP contribution in [0.2, 0.25) is 0 Å². The Kier molecular flexibility index (Phi) is 5.54. The summed E-state index contributed by atoms with van der Waals surface area (Å²) in [6.07, 6.45) is 2.13. The van der Waals surface area contributed by atoms with Crippen molar-refractivity contribution in [2.24, 2.45) is 0 Å². The van der Waals surface area contributed by atoms with Crippen molar-refractivity contribution in [3.05, 3.63) is 53.0 Å². The van der Waals surface area contributed by atoms with Crippen LogP contribution in [-0.2, 0) is 4.79 Å². The van der Waals surface area contributed by atoms with Gasteiger partial charge in [-0.3, -0.25) is 9.69 Å². The zero-order chi connectivity index (χ0) is 21.4. The highest BCUT2D eigenvalue weighted by molar-refractivity contribution is 7.18. The zero-order valence-electron chi connectivity index (χ0n) is 17.9. The molecule has 2 aliphatic rings. The SMILES string of the molecule is C[C@H](c1nc2ccccc2s1)N(C)C(=O)CN1CCC[C@@H]1c1ccc2c(c1)OCCO2. The fourth-order valence-electron chi connectivity index (χ4n) is 4.40. The maximum Gasteiger partial charge on any atom is 0.237 e. The molecular formula is C24H27N3O3S. The van der Waals surface area contributed by atoms with E-state index in [1.807, 2.05) is 36.2 Å². The van der Waals surface area contributed by atoms with Crippen LogP contribution in [0.15, 0.2) is 42.5 Å². The maximum atomic E-state index is 13.2. The Labute approximate surface area is 186 Å². The number of carbonyl (C=O) groups is 1. The van der Waals surface area contributed by atoms with Crippen molar-refractivity contribution in [3.8, 4) is 11.5 Å². The van der Waals surface area contributed by atoms with E-state index >= 15 is 0 Å². The zero-order valence-corrected chi connectivity index (χ0v) is 18.7. The van der Waals surface area contributed by atoms with Crippen molar-refractivity contribution in [1.29, 1.82) is 0 Å². The first-order chi connectivity index (χ1) is 15.1. The number of para-hydroxylation sites is 1. The molecule has 1 saturated heterocycles. The number of rotatable bonds is 5. The van der Waals surface area contributed by atoms with Crippen molar-refractivity contribution in [2.75, 3.05) is 33.4 Å². The Morgan fingerprint density at radius 2 is 2.03 bits per heavy atom. The minimum atomic E-state index is -0.0553. The molecule has 1 amide bonds. The van der Waals surface area contributed by atoms with Gasteiger partial charge in [-0.15, -0.1) is 11.3 Å². The van der Waals surface area contributed by atoms with Crippen molar-refractivity contribution >= 4 is 27.5 Å². The van der Waals surface area contributed by atoms with Gasteiger partial charge in [-0.2, -0.15) is 0 Å². The predicted molar refractivity (Wildman–Crippen MR) is 122 cm³/mol. The van der Waals surface area contributed by atoms with Crippen molar-refractivity contribution < 1.29 is 14.3 Å². The quantitative estimate of drug-likeness (QED) is 0.591. The molecule has 0 radical (unpaired) electrons. The van der Waals surface area contributed by atoms with Crippen LogP contribution in [0.25, 0.3) is 10.2 Å². The van der Waals surface area contributed by atoms with Gasteiger partial charge in [-0.05, 0) is 56.1 Å². The number of nitrogens with zero attached hydrogens (tertiary/aromatic N) is 3. The van der Waals surface area contributed by atoms with Crippen molar-refractivity contribution in [1.82, 2.24) is 14.8 Å². The molecule has 7 heteroatoms. The summed E-state index contributed by atoms with van der Waals surface area (Å²) in [6, 6.07) is 14.5. The first kappa shape index (κ1) is 20.3. The fourth-order valence-corrected chi connectivity index (χ4v) is 5.46. The summed E-state index contributed by atoms with van der Waals surface area (Å²) in [5, 5.41) is 0.974. The standard InChI is InChI=1S/C24H27N3O3S/c1-16(24-25-18-6-3-4-8-22(18)31-24)26(2)23(28)15-27-11-5-7-19(27)17-9-10-20-21(14-17)30-13-12-29-20/h3-4,6,8-10,14,16,19H,5,7,11-13,15H2,1-2H3/t16-,19-/m1/s1. The Balaban J connectivity index is 1.28. The lowest BCUT2D eigenvalue weighted by atomic mass is 10.0. The third-order valence-electron chi connectivity index (χ3n) is 6.30. The molecule has 1 aromatic heterocycles. The highest BCUT2D eigenvalue weighted by Crippen LogP contribution is 2.38.